The summed E-state index contributed by atoms with van der Waals surface area (Å²) < 4.78 is 31.7. The van der Waals surface area contributed by atoms with E-state index >= 15 is 0 Å². The molecule has 1 fully saturated rings. The molecule has 0 saturated carbocycles. The standard InChI is InChI=1S/C12H17N7O.C2HF3O2/c20-12-16-10(17-18-12)4-5-13-9-3-6-14-11(15-9)19-7-1-2-8-19;3-2(4,5)1(6)7/h3,6H,1-2,4-5,7-8H2,(H,13,14,15)(H2,16,17,18,20);(H,6,7). The maximum atomic E-state index is 10.9. The summed E-state index contributed by atoms with van der Waals surface area (Å²) in [7, 11) is 0. The Morgan fingerprint density at radius 2 is 2.00 bits per heavy atom. The predicted molar refractivity (Wildman–Crippen MR) is 88.6 cm³/mol. The minimum absolute atomic E-state index is 0.279. The molecule has 148 valence electrons. The first-order valence-corrected chi connectivity index (χ1v) is 8.01. The molecule has 0 bridgehead atoms. The lowest BCUT2D eigenvalue weighted by Crippen LogP contribution is -2.21. The van der Waals surface area contributed by atoms with Gasteiger partial charge < -0.3 is 15.3 Å². The lowest BCUT2D eigenvalue weighted by Gasteiger charge is -2.15. The third-order valence-corrected chi connectivity index (χ3v) is 3.49. The quantitative estimate of drug-likeness (QED) is 0.588. The number of carboxylic acid groups (broad SMARTS) is 1. The van der Waals surface area contributed by atoms with Gasteiger partial charge in [-0.2, -0.15) is 23.3 Å². The van der Waals surface area contributed by atoms with Crippen molar-refractivity contribution >= 4 is 17.7 Å². The molecule has 0 radical (unpaired) electrons. The molecule has 2 aromatic rings. The normalized spacial score (nSPS) is 13.8. The zero-order valence-electron chi connectivity index (χ0n) is 14.1. The summed E-state index contributed by atoms with van der Waals surface area (Å²) in [6, 6.07) is 1.84. The van der Waals surface area contributed by atoms with Gasteiger partial charge in [0.2, 0.25) is 5.95 Å². The Bertz CT molecular complexity index is 799. The van der Waals surface area contributed by atoms with Crippen molar-refractivity contribution in [3.05, 3.63) is 28.6 Å². The van der Waals surface area contributed by atoms with Crippen molar-refractivity contribution in [2.75, 3.05) is 29.9 Å². The maximum absolute atomic E-state index is 10.9. The summed E-state index contributed by atoms with van der Waals surface area (Å²) in [4.78, 5) is 33.4. The number of anilines is 2. The number of aromatic amines is 2. The van der Waals surface area contributed by atoms with Gasteiger partial charge in [-0.05, 0) is 18.9 Å². The van der Waals surface area contributed by atoms with E-state index < -0.39 is 12.1 Å². The van der Waals surface area contributed by atoms with Crippen LogP contribution in [-0.4, -0.2) is 62.0 Å². The zero-order valence-corrected chi connectivity index (χ0v) is 14.1. The van der Waals surface area contributed by atoms with Gasteiger partial charge in [0, 0.05) is 32.3 Å². The van der Waals surface area contributed by atoms with Gasteiger partial charge in [0.15, 0.2) is 0 Å². The topological polar surface area (TPSA) is 140 Å². The van der Waals surface area contributed by atoms with E-state index in [0.29, 0.717) is 18.8 Å². The number of hydrogen-bond acceptors (Lipinski definition) is 7. The molecule has 0 spiro atoms. The van der Waals surface area contributed by atoms with E-state index in [-0.39, 0.29) is 5.69 Å². The molecule has 4 N–H and O–H groups in total. The highest BCUT2D eigenvalue weighted by molar-refractivity contribution is 5.73. The van der Waals surface area contributed by atoms with Gasteiger partial charge in [-0.1, -0.05) is 0 Å². The van der Waals surface area contributed by atoms with E-state index in [1.54, 1.807) is 6.20 Å². The molecule has 3 rings (SSSR count). The predicted octanol–water partition coefficient (Wildman–Crippen LogP) is 0.776. The van der Waals surface area contributed by atoms with E-state index in [1.165, 1.54) is 12.8 Å². The molecule has 27 heavy (non-hydrogen) atoms. The average molecular weight is 389 g/mol. The van der Waals surface area contributed by atoms with Crippen LogP contribution in [0.4, 0.5) is 24.9 Å². The van der Waals surface area contributed by atoms with Crippen LogP contribution in [-0.2, 0) is 11.2 Å². The molecule has 2 aromatic heterocycles. The van der Waals surface area contributed by atoms with Crippen LogP contribution in [0.2, 0.25) is 0 Å². The van der Waals surface area contributed by atoms with E-state index in [1.807, 2.05) is 6.07 Å². The lowest BCUT2D eigenvalue weighted by molar-refractivity contribution is -0.192. The van der Waals surface area contributed by atoms with Crippen LogP contribution in [0.25, 0.3) is 0 Å². The highest BCUT2D eigenvalue weighted by Gasteiger charge is 2.38. The minimum Gasteiger partial charge on any atom is -0.475 e. The minimum atomic E-state index is -5.08. The van der Waals surface area contributed by atoms with E-state index in [2.05, 4.69) is 35.4 Å². The second-order valence-corrected chi connectivity index (χ2v) is 5.54. The Morgan fingerprint density at radius 3 is 2.56 bits per heavy atom. The Labute approximate surface area is 150 Å². The number of carboxylic acids is 1. The first-order chi connectivity index (χ1) is 12.8. The molecule has 10 nitrogen and oxygen atoms in total. The average Bonchev–Trinajstić information content (AvgIpc) is 3.27. The number of aromatic nitrogens is 5. The van der Waals surface area contributed by atoms with Crippen molar-refractivity contribution in [2.45, 2.75) is 25.4 Å². The molecule has 3 heterocycles. The van der Waals surface area contributed by atoms with Crippen LogP contribution >= 0.6 is 0 Å². The third-order valence-electron chi connectivity index (χ3n) is 3.49. The number of H-pyrrole nitrogens is 2. The summed E-state index contributed by atoms with van der Waals surface area (Å²) >= 11 is 0. The highest BCUT2D eigenvalue weighted by Crippen LogP contribution is 2.16. The highest BCUT2D eigenvalue weighted by atomic mass is 19.4. The summed E-state index contributed by atoms with van der Waals surface area (Å²) in [6.07, 6.45) is -0.289. The first kappa shape index (κ1) is 20.2. The maximum Gasteiger partial charge on any atom is 0.490 e. The van der Waals surface area contributed by atoms with Crippen molar-refractivity contribution in [1.82, 2.24) is 25.1 Å². The summed E-state index contributed by atoms with van der Waals surface area (Å²) in [6.45, 7) is 2.70. The fourth-order valence-electron chi connectivity index (χ4n) is 2.25. The number of rotatable bonds is 5. The van der Waals surface area contributed by atoms with Crippen molar-refractivity contribution in [2.24, 2.45) is 0 Å². The van der Waals surface area contributed by atoms with Crippen LogP contribution < -0.4 is 15.9 Å². The Balaban J connectivity index is 0.000000321. The van der Waals surface area contributed by atoms with Crippen LogP contribution in [0.3, 0.4) is 0 Å². The number of nitrogens with zero attached hydrogens (tertiary/aromatic N) is 4. The van der Waals surface area contributed by atoms with Gasteiger partial charge in [0.25, 0.3) is 0 Å². The van der Waals surface area contributed by atoms with Gasteiger partial charge in [-0.3, -0.25) is 4.98 Å². The molecular weight excluding hydrogens is 371 g/mol. The molecule has 0 amide bonds. The number of halogens is 3. The Morgan fingerprint density at radius 1 is 1.33 bits per heavy atom. The van der Waals surface area contributed by atoms with Crippen LogP contribution in [0, 0.1) is 0 Å². The van der Waals surface area contributed by atoms with Gasteiger partial charge >= 0.3 is 17.8 Å². The van der Waals surface area contributed by atoms with Gasteiger partial charge in [0.05, 0.1) is 0 Å². The Hall–Kier alpha value is -3.12. The van der Waals surface area contributed by atoms with Gasteiger partial charge in [0.1, 0.15) is 11.6 Å². The largest absolute Gasteiger partial charge is 0.490 e. The summed E-state index contributed by atoms with van der Waals surface area (Å²) in [5.41, 5.74) is -0.279. The van der Waals surface area contributed by atoms with Crippen LogP contribution in [0.1, 0.15) is 18.7 Å². The first-order valence-electron chi connectivity index (χ1n) is 8.01. The van der Waals surface area contributed by atoms with Crippen LogP contribution in [0.5, 0.6) is 0 Å². The molecular formula is C14H18F3N7O3. The molecule has 0 unspecified atom stereocenters. The monoisotopic (exact) mass is 389 g/mol. The number of carbonyl (C=O) groups is 1. The van der Waals surface area contributed by atoms with Crippen molar-refractivity contribution in [1.29, 1.82) is 0 Å². The second-order valence-electron chi connectivity index (χ2n) is 5.54. The molecule has 0 atom stereocenters. The van der Waals surface area contributed by atoms with E-state index in [9.17, 15) is 18.0 Å². The molecule has 1 aliphatic heterocycles. The van der Waals surface area contributed by atoms with Gasteiger partial charge in [-0.15, -0.1) is 0 Å². The fraction of sp³-hybridized carbons (Fsp3) is 0.500. The number of alkyl halides is 3. The molecule has 0 aromatic carbocycles. The van der Waals surface area contributed by atoms with Crippen LogP contribution in [0.15, 0.2) is 17.1 Å². The van der Waals surface area contributed by atoms with Crippen molar-refractivity contribution in [3.8, 4) is 0 Å². The summed E-state index contributed by atoms with van der Waals surface area (Å²) in [5.74, 6) is -0.552. The summed E-state index contributed by atoms with van der Waals surface area (Å²) in [5, 5.41) is 16.5. The molecule has 0 aliphatic carbocycles. The number of nitrogens with one attached hydrogen (secondary N) is 3. The Kier molecular flexibility index (Phi) is 6.73. The van der Waals surface area contributed by atoms with Crippen molar-refractivity contribution < 1.29 is 23.1 Å². The lowest BCUT2D eigenvalue weighted by atomic mass is 10.4. The third kappa shape index (κ3) is 6.60. The van der Waals surface area contributed by atoms with E-state index in [4.69, 9.17) is 9.90 Å². The fourth-order valence-corrected chi connectivity index (χ4v) is 2.25. The molecule has 1 saturated heterocycles. The molecule has 13 heteroatoms. The van der Waals surface area contributed by atoms with Gasteiger partial charge in [-0.25, -0.2) is 19.7 Å². The van der Waals surface area contributed by atoms with Crippen molar-refractivity contribution in [3.63, 3.8) is 0 Å². The second kappa shape index (κ2) is 9.00. The SMILES string of the molecule is O=C(O)C(F)(F)F.O=c1[nH]nc(CCNc2ccnc(N3CCCC3)n2)[nH]1. The number of aliphatic carboxylic acids is 1. The number of hydrogen-bond donors (Lipinski definition) is 4. The van der Waals surface area contributed by atoms with E-state index in [0.717, 1.165) is 24.9 Å². The zero-order chi connectivity index (χ0) is 19.9. The smallest absolute Gasteiger partial charge is 0.475 e. The molecule has 1 aliphatic rings.